The fourth-order valence-electron chi connectivity index (χ4n) is 3.21. The number of anilines is 1. The van der Waals surface area contributed by atoms with E-state index in [9.17, 15) is 29.8 Å². The molecule has 0 spiro atoms. The number of carbonyl (C=O) groups is 2. The summed E-state index contributed by atoms with van der Waals surface area (Å²) in [4.78, 5) is 50.2. The Morgan fingerprint density at radius 3 is 2.37 bits per heavy atom. The van der Waals surface area contributed by atoms with Crippen LogP contribution in [0.4, 0.5) is 17.1 Å². The van der Waals surface area contributed by atoms with E-state index in [1.807, 2.05) is 0 Å². The van der Waals surface area contributed by atoms with Crippen LogP contribution in [0.15, 0.2) is 66.4 Å². The van der Waals surface area contributed by atoms with Gasteiger partial charge in [0.05, 0.1) is 22.6 Å². The molecule has 2 amide bonds. The highest BCUT2D eigenvalue weighted by molar-refractivity contribution is 6.31. The zero-order valence-corrected chi connectivity index (χ0v) is 17.9. The van der Waals surface area contributed by atoms with E-state index in [1.54, 1.807) is 30.3 Å². The van der Waals surface area contributed by atoms with Crippen LogP contribution in [0.2, 0.25) is 0 Å². The number of hydrogen-bond donors (Lipinski definition) is 1. The number of hydrogen-bond acceptors (Lipinski definition) is 9. The predicted molar refractivity (Wildman–Crippen MR) is 121 cm³/mol. The van der Waals surface area contributed by atoms with Gasteiger partial charge >= 0.3 is 5.69 Å². The van der Waals surface area contributed by atoms with Crippen LogP contribution >= 0.6 is 0 Å². The number of rotatable bonds is 7. The van der Waals surface area contributed by atoms with Gasteiger partial charge in [-0.25, -0.2) is 9.99 Å². The second-order valence-corrected chi connectivity index (χ2v) is 7.02. The van der Waals surface area contributed by atoms with Crippen molar-refractivity contribution >= 4 is 35.0 Å². The minimum atomic E-state index is -0.738. The number of benzene rings is 2. The van der Waals surface area contributed by atoms with Crippen molar-refractivity contribution in [3.8, 4) is 17.4 Å². The second-order valence-electron chi connectivity index (χ2n) is 7.02. The van der Waals surface area contributed by atoms with E-state index in [0.29, 0.717) is 5.69 Å². The molecule has 1 aromatic heterocycles. The molecule has 0 radical (unpaired) electrons. The lowest BCUT2D eigenvalue weighted by atomic mass is 10.1. The van der Waals surface area contributed by atoms with Gasteiger partial charge in [-0.2, -0.15) is 0 Å². The molecule has 0 unspecified atom stereocenters. The first-order valence-corrected chi connectivity index (χ1v) is 9.85. The van der Waals surface area contributed by atoms with Gasteiger partial charge in [0.25, 0.3) is 17.5 Å². The fourth-order valence-corrected chi connectivity index (χ4v) is 3.21. The molecule has 0 saturated carbocycles. The number of nitrogens with one attached hydrogen (secondary N) is 1. The first kappa shape index (κ1) is 22.8. The normalized spacial score (nSPS) is 14.1. The lowest BCUT2D eigenvalue weighted by Crippen LogP contribution is -2.35. The topological polar surface area (TPSA) is 167 Å². The maximum absolute atomic E-state index is 12.8. The summed E-state index contributed by atoms with van der Waals surface area (Å²) in [6, 6.07) is 13.2. The van der Waals surface area contributed by atoms with Crippen molar-refractivity contribution < 1.29 is 28.9 Å². The fraction of sp³-hybridized carbons (Fsp3) is 0.0455. The molecule has 13 nitrogen and oxygen atoms in total. The second kappa shape index (κ2) is 9.27. The average Bonchev–Trinajstić information content (AvgIpc) is 3.13. The minimum Gasteiger partial charge on any atom is -0.493 e. The zero-order valence-electron chi connectivity index (χ0n) is 17.9. The third-order valence-corrected chi connectivity index (χ3v) is 4.83. The number of amides is 2. The summed E-state index contributed by atoms with van der Waals surface area (Å²) >= 11 is 0. The molecule has 176 valence electrons. The molecule has 35 heavy (non-hydrogen) atoms. The Labute approximate surface area is 196 Å². The van der Waals surface area contributed by atoms with Crippen LogP contribution in [-0.2, 0) is 9.59 Å². The van der Waals surface area contributed by atoms with E-state index in [2.05, 4.69) is 10.4 Å². The highest BCUT2D eigenvalue weighted by Crippen LogP contribution is 2.41. The number of pyridine rings is 1. The molecule has 4 rings (SSSR count). The number of nitrogens with zero attached hydrogens (tertiary/aromatic N) is 4. The van der Waals surface area contributed by atoms with Crippen molar-refractivity contribution in [2.75, 3.05) is 12.1 Å². The van der Waals surface area contributed by atoms with Gasteiger partial charge in [-0.15, -0.1) is 0 Å². The molecule has 1 aliphatic rings. The van der Waals surface area contributed by atoms with Gasteiger partial charge in [0.15, 0.2) is 5.75 Å². The summed E-state index contributed by atoms with van der Waals surface area (Å²) in [5.74, 6) is -1.87. The van der Waals surface area contributed by atoms with Crippen molar-refractivity contribution in [3.63, 3.8) is 0 Å². The molecule has 0 aliphatic carbocycles. The first-order valence-electron chi connectivity index (χ1n) is 9.85. The number of carbonyl (C=O) groups excluding carboxylic acids is 2. The molecule has 0 bridgehead atoms. The van der Waals surface area contributed by atoms with E-state index in [1.165, 1.54) is 25.3 Å². The van der Waals surface area contributed by atoms with E-state index in [0.717, 1.165) is 23.3 Å². The van der Waals surface area contributed by atoms with Crippen LogP contribution in [-0.4, -0.2) is 33.8 Å². The summed E-state index contributed by atoms with van der Waals surface area (Å²) in [6.07, 6.45) is 2.14. The Hall–Kier alpha value is -5.33. The summed E-state index contributed by atoms with van der Waals surface area (Å²) in [6.45, 7) is 0. The van der Waals surface area contributed by atoms with Gasteiger partial charge in [0.2, 0.25) is 11.6 Å². The highest BCUT2D eigenvalue weighted by atomic mass is 16.6. The molecule has 1 aliphatic heterocycles. The Morgan fingerprint density at radius 2 is 1.77 bits per heavy atom. The quantitative estimate of drug-likeness (QED) is 0.233. The average molecular weight is 477 g/mol. The van der Waals surface area contributed by atoms with Gasteiger partial charge in [0.1, 0.15) is 11.8 Å². The predicted octanol–water partition coefficient (Wildman–Crippen LogP) is 3.16. The van der Waals surface area contributed by atoms with Gasteiger partial charge in [-0.1, -0.05) is 18.2 Å². The maximum atomic E-state index is 12.8. The standard InChI is InChI=1S/C22H15N5O8/c1-34-18-11-13(9-16-21(28)24-25(22(16)29)14-5-3-2-4-6-14)10-17(27(32)33)20(18)35-19-8-7-15(12-23-19)26(30)31/h2-12H,1H3,(H,24,28). The molecule has 1 saturated heterocycles. The molecule has 13 heteroatoms. The first-order chi connectivity index (χ1) is 16.8. The minimum absolute atomic E-state index is 0.0861. The number of aromatic nitrogens is 1. The third kappa shape index (κ3) is 4.59. The maximum Gasteiger partial charge on any atom is 0.316 e. The molecule has 1 fully saturated rings. The van der Waals surface area contributed by atoms with Gasteiger partial charge in [-0.3, -0.25) is 35.2 Å². The number of methoxy groups -OCH3 is 1. The SMILES string of the molecule is COc1cc(C=C2C(=O)NN(c3ccccc3)C2=O)cc([N+](=O)[O-])c1Oc1ccc([N+](=O)[O-])cn1. The Kier molecular flexibility index (Phi) is 6.05. The highest BCUT2D eigenvalue weighted by Gasteiger charge is 2.35. The molecule has 1 N–H and O–H groups in total. The largest absolute Gasteiger partial charge is 0.493 e. The van der Waals surface area contributed by atoms with Crippen molar-refractivity contribution in [1.82, 2.24) is 10.4 Å². The Morgan fingerprint density at radius 1 is 1.03 bits per heavy atom. The summed E-state index contributed by atoms with van der Waals surface area (Å²) in [5, 5.41) is 23.6. The Bertz CT molecular complexity index is 1370. The Balaban J connectivity index is 1.70. The number of hydrazine groups is 1. The molecule has 0 atom stereocenters. The van der Waals surface area contributed by atoms with Crippen molar-refractivity contribution in [3.05, 3.63) is 92.2 Å². The number of para-hydroxylation sites is 1. The third-order valence-electron chi connectivity index (χ3n) is 4.83. The van der Waals surface area contributed by atoms with Crippen LogP contribution in [0.5, 0.6) is 17.4 Å². The van der Waals surface area contributed by atoms with Crippen molar-refractivity contribution in [1.29, 1.82) is 0 Å². The van der Waals surface area contributed by atoms with Crippen LogP contribution in [0, 0.1) is 20.2 Å². The van der Waals surface area contributed by atoms with E-state index >= 15 is 0 Å². The number of nitro groups is 2. The van der Waals surface area contributed by atoms with E-state index < -0.39 is 27.3 Å². The van der Waals surface area contributed by atoms with Crippen LogP contribution in [0.25, 0.3) is 6.08 Å². The van der Waals surface area contributed by atoms with Gasteiger partial charge in [-0.05, 0) is 29.8 Å². The summed E-state index contributed by atoms with van der Waals surface area (Å²) in [7, 11) is 1.25. The lowest BCUT2D eigenvalue weighted by molar-refractivity contribution is -0.385. The summed E-state index contributed by atoms with van der Waals surface area (Å²) in [5.41, 5.74) is 1.95. The van der Waals surface area contributed by atoms with E-state index in [4.69, 9.17) is 9.47 Å². The van der Waals surface area contributed by atoms with Gasteiger partial charge in [0, 0.05) is 18.2 Å². The number of ether oxygens (including phenoxy) is 2. The zero-order chi connectivity index (χ0) is 25.1. The number of nitro benzene ring substituents is 1. The lowest BCUT2D eigenvalue weighted by Gasteiger charge is -2.14. The molecular formula is C22H15N5O8. The van der Waals surface area contributed by atoms with Gasteiger partial charge < -0.3 is 9.47 Å². The van der Waals surface area contributed by atoms with Crippen LogP contribution in [0.3, 0.4) is 0 Å². The van der Waals surface area contributed by atoms with E-state index in [-0.39, 0.29) is 34.2 Å². The van der Waals surface area contributed by atoms with Crippen molar-refractivity contribution in [2.45, 2.75) is 0 Å². The smallest absolute Gasteiger partial charge is 0.316 e. The van der Waals surface area contributed by atoms with Crippen LogP contribution in [0.1, 0.15) is 5.56 Å². The molecule has 2 heterocycles. The molecule has 2 aromatic carbocycles. The summed E-state index contributed by atoms with van der Waals surface area (Å²) < 4.78 is 10.7. The molecular weight excluding hydrogens is 462 g/mol. The van der Waals surface area contributed by atoms with Crippen LogP contribution < -0.4 is 19.9 Å². The molecule has 3 aromatic rings. The monoisotopic (exact) mass is 477 g/mol. The van der Waals surface area contributed by atoms with Crippen molar-refractivity contribution in [2.24, 2.45) is 0 Å².